The van der Waals surface area contributed by atoms with Crippen LogP contribution in [0.1, 0.15) is 33.8 Å². The topological polar surface area (TPSA) is 38.3 Å². The third kappa shape index (κ3) is 3.18. The van der Waals surface area contributed by atoms with Crippen molar-refractivity contribution in [1.29, 1.82) is 0 Å². The first kappa shape index (κ1) is 16.6. The van der Waals surface area contributed by atoms with Gasteiger partial charge in [0, 0.05) is 22.8 Å². The highest BCUT2D eigenvalue weighted by Crippen LogP contribution is 2.34. The highest BCUT2D eigenvalue weighted by Gasteiger charge is 2.21. The SMILES string of the molecule is COCc1c(C(=O)NC(C)c2ccccc2)sc2cccc(F)c12. The highest BCUT2D eigenvalue weighted by molar-refractivity contribution is 7.21. The average Bonchev–Trinajstić information content (AvgIpc) is 2.96. The number of carbonyl (C=O) groups is 1. The Labute approximate surface area is 144 Å². The lowest BCUT2D eigenvalue weighted by atomic mass is 10.1. The molecular formula is C19H18FNO2S. The molecule has 1 N–H and O–H groups in total. The summed E-state index contributed by atoms with van der Waals surface area (Å²) in [6, 6.07) is 14.5. The van der Waals surface area contributed by atoms with Crippen LogP contribution in [0, 0.1) is 5.82 Å². The molecule has 1 atom stereocenters. The Kier molecular flexibility index (Phi) is 4.92. The quantitative estimate of drug-likeness (QED) is 0.730. The number of rotatable bonds is 5. The van der Waals surface area contributed by atoms with Crippen molar-refractivity contribution < 1.29 is 13.9 Å². The van der Waals surface area contributed by atoms with Crippen LogP contribution >= 0.6 is 11.3 Å². The van der Waals surface area contributed by atoms with E-state index in [1.54, 1.807) is 13.2 Å². The van der Waals surface area contributed by atoms with E-state index in [1.165, 1.54) is 17.4 Å². The lowest BCUT2D eigenvalue weighted by molar-refractivity contribution is 0.0940. The molecule has 5 heteroatoms. The first-order valence-electron chi connectivity index (χ1n) is 7.66. The number of ether oxygens (including phenoxy) is 1. The second-order valence-corrected chi connectivity index (χ2v) is 6.61. The maximum Gasteiger partial charge on any atom is 0.262 e. The van der Waals surface area contributed by atoms with Crippen molar-refractivity contribution in [3.05, 3.63) is 70.4 Å². The number of fused-ring (bicyclic) bond motifs is 1. The number of nitrogens with one attached hydrogen (secondary N) is 1. The van der Waals surface area contributed by atoms with Crippen LogP contribution in [0.15, 0.2) is 48.5 Å². The zero-order chi connectivity index (χ0) is 17.1. The Hall–Kier alpha value is -2.24. The van der Waals surface area contributed by atoms with Gasteiger partial charge in [0.1, 0.15) is 5.82 Å². The minimum Gasteiger partial charge on any atom is -0.380 e. The zero-order valence-electron chi connectivity index (χ0n) is 13.5. The third-order valence-corrected chi connectivity index (χ3v) is 5.10. The minimum atomic E-state index is -0.328. The number of halogens is 1. The Bertz CT molecular complexity index is 860. The fraction of sp³-hybridized carbons (Fsp3) is 0.211. The molecule has 0 aliphatic carbocycles. The first-order chi connectivity index (χ1) is 11.6. The van der Waals surface area contributed by atoms with Crippen molar-refractivity contribution in [1.82, 2.24) is 5.32 Å². The predicted molar refractivity (Wildman–Crippen MR) is 94.8 cm³/mol. The number of benzene rings is 2. The fourth-order valence-electron chi connectivity index (χ4n) is 2.72. The molecule has 1 amide bonds. The van der Waals surface area contributed by atoms with E-state index >= 15 is 0 Å². The van der Waals surface area contributed by atoms with Crippen LogP contribution in [0.4, 0.5) is 4.39 Å². The van der Waals surface area contributed by atoms with E-state index in [2.05, 4.69) is 5.32 Å². The van der Waals surface area contributed by atoms with Gasteiger partial charge in [-0.2, -0.15) is 0 Å². The van der Waals surface area contributed by atoms with Crippen LogP contribution in [-0.4, -0.2) is 13.0 Å². The number of hydrogen-bond donors (Lipinski definition) is 1. The molecule has 3 aromatic rings. The third-order valence-electron chi connectivity index (χ3n) is 3.91. The van der Waals surface area contributed by atoms with Crippen LogP contribution in [0.3, 0.4) is 0 Å². The normalized spacial score (nSPS) is 12.3. The maximum atomic E-state index is 14.2. The van der Waals surface area contributed by atoms with Gasteiger partial charge in [-0.3, -0.25) is 4.79 Å². The molecule has 1 unspecified atom stereocenters. The summed E-state index contributed by atoms with van der Waals surface area (Å²) in [5.74, 6) is -0.537. The molecule has 3 rings (SSSR count). The molecule has 0 radical (unpaired) electrons. The standard InChI is InChI=1S/C19H18FNO2S/c1-12(13-7-4-3-5-8-13)21-19(22)18-14(11-23-2)17-15(20)9-6-10-16(17)24-18/h3-10,12H,11H2,1-2H3,(H,21,22). The van der Waals surface area contributed by atoms with Crippen LogP contribution in [-0.2, 0) is 11.3 Å². The summed E-state index contributed by atoms with van der Waals surface area (Å²) in [6.45, 7) is 2.13. The largest absolute Gasteiger partial charge is 0.380 e. The number of hydrogen-bond acceptors (Lipinski definition) is 3. The van der Waals surface area contributed by atoms with Crippen LogP contribution < -0.4 is 5.32 Å². The molecule has 0 aliphatic heterocycles. The molecule has 1 aromatic heterocycles. The zero-order valence-corrected chi connectivity index (χ0v) is 14.3. The van der Waals surface area contributed by atoms with E-state index in [4.69, 9.17) is 4.74 Å². The Morgan fingerprint density at radius 2 is 1.96 bits per heavy atom. The van der Waals surface area contributed by atoms with Crippen molar-refractivity contribution in [2.24, 2.45) is 0 Å². The Balaban J connectivity index is 1.95. The molecule has 0 saturated heterocycles. The molecule has 1 heterocycles. The molecule has 3 nitrogen and oxygen atoms in total. The minimum absolute atomic E-state index is 0.135. The highest BCUT2D eigenvalue weighted by atomic mass is 32.1. The lowest BCUT2D eigenvalue weighted by Gasteiger charge is -2.14. The fourth-order valence-corrected chi connectivity index (χ4v) is 3.85. The summed E-state index contributed by atoms with van der Waals surface area (Å²) in [4.78, 5) is 13.2. The van der Waals surface area contributed by atoms with Crippen LogP contribution in [0.25, 0.3) is 10.1 Å². The van der Waals surface area contributed by atoms with Crippen molar-refractivity contribution >= 4 is 27.3 Å². The second kappa shape index (κ2) is 7.11. The molecule has 124 valence electrons. The first-order valence-corrected chi connectivity index (χ1v) is 8.48. The summed E-state index contributed by atoms with van der Waals surface area (Å²) in [6.07, 6.45) is 0. The lowest BCUT2D eigenvalue weighted by Crippen LogP contribution is -2.26. The van der Waals surface area contributed by atoms with Gasteiger partial charge in [-0.05, 0) is 24.6 Å². The van der Waals surface area contributed by atoms with Gasteiger partial charge < -0.3 is 10.1 Å². The van der Waals surface area contributed by atoms with Gasteiger partial charge in [0.25, 0.3) is 5.91 Å². The van der Waals surface area contributed by atoms with Gasteiger partial charge in [-0.1, -0.05) is 36.4 Å². The van der Waals surface area contributed by atoms with E-state index < -0.39 is 0 Å². The molecule has 0 saturated carbocycles. The maximum absolute atomic E-state index is 14.2. The van der Waals surface area contributed by atoms with Crippen molar-refractivity contribution in [3.8, 4) is 0 Å². The predicted octanol–water partition coefficient (Wildman–Crippen LogP) is 4.68. The van der Waals surface area contributed by atoms with E-state index in [0.29, 0.717) is 15.8 Å². The molecule has 24 heavy (non-hydrogen) atoms. The monoisotopic (exact) mass is 343 g/mol. The van der Waals surface area contributed by atoms with Gasteiger partial charge in [0.2, 0.25) is 0 Å². The number of thiophene rings is 1. The Morgan fingerprint density at radius 3 is 2.67 bits per heavy atom. The summed E-state index contributed by atoms with van der Waals surface area (Å²) in [5, 5.41) is 3.46. The van der Waals surface area contributed by atoms with E-state index in [-0.39, 0.29) is 24.4 Å². The van der Waals surface area contributed by atoms with Gasteiger partial charge in [-0.15, -0.1) is 11.3 Å². The van der Waals surface area contributed by atoms with E-state index in [9.17, 15) is 9.18 Å². The second-order valence-electron chi connectivity index (χ2n) is 5.56. The van der Waals surface area contributed by atoms with Gasteiger partial charge in [0.05, 0.1) is 17.5 Å². The van der Waals surface area contributed by atoms with Crippen molar-refractivity contribution in [3.63, 3.8) is 0 Å². The summed E-state index contributed by atoms with van der Waals surface area (Å²) < 4.78 is 20.1. The van der Waals surface area contributed by atoms with Crippen LogP contribution in [0.2, 0.25) is 0 Å². The summed E-state index contributed by atoms with van der Waals surface area (Å²) in [7, 11) is 1.54. The van der Waals surface area contributed by atoms with Gasteiger partial charge in [-0.25, -0.2) is 4.39 Å². The van der Waals surface area contributed by atoms with Gasteiger partial charge in [0.15, 0.2) is 0 Å². The van der Waals surface area contributed by atoms with Crippen molar-refractivity contribution in [2.75, 3.05) is 7.11 Å². The van der Waals surface area contributed by atoms with E-state index in [0.717, 1.165) is 10.3 Å². The molecule has 0 fully saturated rings. The average molecular weight is 343 g/mol. The molecule has 0 spiro atoms. The van der Waals surface area contributed by atoms with E-state index in [1.807, 2.05) is 43.3 Å². The molecular weight excluding hydrogens is 325 g/mol. The molecule has 2 aromatic carbocycles. The summed E-state index contributed by atoms with van der Waals surface area (Å²) in [5.41, 5.74) is 1.62. The molecule has 0 aliphatic rings. The van der Waals surface area contributed by atoms with Crippen LogP contribution in [0.5, 0.6) is 0 Å². The number of methoxy groups -OCH3 is 1. The smallest absolute Gasteiger partial charge is 0.262 e. The Morgan fingerprint density at radius 1 is 1.21 bits per heavy atom. The number of amides is 1. The molecule has 0 bridgehead atoms. The van der Waals surface area contributed by atoms with Crippen molar-refractivity contribution in [2.45, 2.75) is 19.6 Å². The van der Waals surface area contributed by atoms with Gasteiger partial charge >= 0.3 is 0 Å². The number of carbonyl (C=O) groups excluding carboxylic acids is 1. The summed E-state index contributed by atoms with van der Waals surface area (Å²) >= 11 is 1.29.